The predicted molar refractivity (Wildman–Crippen MR) is 62.7 cm³/mol. The van der Waals surface area contributed by atoms with Crippen LogP contribution in [-0.2, 0) is 4.79 Å². The maximum Gasteiger partial charge on any atom is 0.303 e. The summed E-state index contributed by atoms with van der Waals surface area (Å²) in [7, 11) is 0. The summed E-state index contributed by atoms with van der Waals surface area (Å²) in [5.41, 5.74) is -0.0104. The molecule has 0 bridgehead atoms. The van der Waals surface area contributed by atoms with E-state index in [0.29, 0.717) is 18.8 Å². The molecule has 0 fully saturated rings. The molecule has 0 aliphatic heterocycles. The molecule has 18 heavy (non-hydrogen) atoms. The lowest BCUT2D eigenvalue weighted by Crippen LogP contribution is -1.99. The lowest BCUT2D eigenvalue weighted by atomic mass is 10.2. The van der Waals surface area contributed by atoms with Gasteiger partial charge in [0, 0.05) is 12.5 Å². The number of hydrogen-bond donors (Lipinski definition) is 1. The van der Waals surface area contributed by atoms with E-state index in [0.717, 1.165) is 12.8 Å². The monoisotopic (exact) mass is 251 g/mol. The topological polar surface area (TPSA) is 70.3 Å². The summed E-state index contributed by atoms with van der Waals surface area (Å²) >= 11 is 0. The average Bonchev–Trinajstić information content (AvgIpc) is 2.33. The van der Waals surface area contributed by atoms with Gasteiger partial charge in [0.15, 0.2) is 0 Å². The number of aliphatic carboxylic acids is 1. The van der Waals surface area contributed by atoms with Gasteiger partial charge in [-0.1, -0.05) is 0 Å². The number of ether oxygens (including phenoxy) is 1. The lowest BCUT2D eigenvalue weighted by Gasteiger charge is -2.06. The number of hydrogen-bond acceptors (Lipinski definition) is 3. The second-order valence-electron chi connectivity index (χ2n) is 3.81. The predicted octanol–water partition coefficient (Wildman–Crippen LogP) is 2.72. The van der Waals surface area contributed by atoms with Gasteiger partial charge in [-0.25, -0.2) is 4.39 Å². The Labute approximate surface area is 105 Å². The Morgan fingerprint density at radius 1 is 1.39 bits per heavy atom. The van der Waals surface area contributed by atoms with Gasteiger partial charge >= 0.3 is 5.97 Å². The molecule has 0 atom stereocenters. The number of carbonyl (C=O) groups is 1. The Morgan fingerprint density at radius 3 is 2.78 bits per heavy atom. The Bertz CT molecular complexity index is 454. The van der Waals surface area contributed by atoms with E-state index in [9.17, 15) is 9.18 Å². The highest BCUT2D eigenvalue weighted by molar-refractivity contribution is 5.66. The van der Waals surface area contributed by atoms with E-state index < -0.39 is 11.8 Å². The third kappa shape index (κ3) is 4.83. The molecular weight excluding hydrogens is 237 g/mol. The number of halogens is 1. The van der Waals surface area contributed by atoms with Crippen molar-refractivity contribution in [3.63, 3.8) is 0 Å². The fraction of sp³-hybridized carbons (Fsp3) is 0.385. The Kier molecular flexibility index (Phi) is 5.65. The molecule has 1 N–H and O–H groups in total. The quantitative estimate of drug-likeness (QED) is 0.756. The molecule has 0 aliphatic rings. The van der Waals surface area contributed by atoms with Gasteiger partial charge in [-0.15, -0.1) is 0 Å². The van der Waals surface area contributed by atoms with Crippen molar-refractivity contribution in [1.82, 2.24) is 0 Å². The second-order valence-corrected chi connectivity index (χ2v) is 3.81. The van der Waals surface area contributed by atoms with E-state index in [1.807, 2.05) is 0 Å². The minimum Gasteiger partial charge on any atom is -0.493 e. The summed E-state index contributed by atoms with van der Waals surface area (Å²) in [5.74, 6) is -1.02. The lowest BCUT2D eigenvalue weighted by molar-refractivity contribution is -0.137. The normalized spacial score (nSPS) is 9.78. The number of rotatable bonds is 7. The molecule has 0 spiro atoms. The van der Waals surface area contributed by atoms with Crippen molar-refractivity contribution >= 4 is 5.97 Å². The van der Waals surface area contributed by atoms with Crippen molar-refractivity contribution < 1.29 is 19.0 Å². The zero-order valence-electron chi connectivity index (χ0n) is 9.86. The number of nitriles is 1. The van der Waals surface area contributed by atoms with Crippen LogP contribution in [0.4, 0.5) is 4.39 Å². The SMILES string of the molecule is N#Cc1ccc(OCCCCCC(=O)O)cc1F. The Morgan fingerprint density at radius 2 is 2.17 bits per heavy atom. The molecule has 4 nitrogen and oxygen atoms in total. The minimum absolute atomic E-state index is 0.0104. The highest BCUT2D eigenvalue weighted by Gasteiger charge is 2.03. The van der Waals surface area contributed by atoms with E-state index in [1.165, 1.54) is 12.1 Å². The van der Waals surface area contributed by atoms with E-state index >= 15 is 0 Å². The standard InChI is InChI=1S/C13H14FNO3/c14-12-8-11(6-5-10(12)9-15)18-7-3-1-2-4-13(16)17/h5-6,8H,1-4,7H2,(H,16,17). The summed E-state index contributed by atoms with van der Waals surface area (Å²) in [4.78, 5) is 10.3. The third-order valence-corrected chi connectivity index (χ3v) is 2.36. The van der Waals surface area contributed by atoms with Crippen molar-refractivity contribution in [3.8, 4) is 11.8 Å². The van der Waals surface area contributed by atoms with Crippen LogP contribution in [0.1, 0.15) is 31.2 Å². The van der Waals surface area contributed by atoms with Gasteiger partial charge in [0.1, 0.15) is 17.6 Å². The van der Waals surface area contributed by atoms with E-state index in [4.69, 9.17) is 15.1 Å². The largest absolute Gasteiger partial charge is 0.493 e. The molecule has 0 radical (unpaired) electrons. The molecule has 0 heterocycles. The second kappa shape index (κ2) is 7.28. The van der Waals surface area contributed by atoms with Crippen molar-refractivity contribution in [2.75, 3.05) is 6.61 Å². The van der Waals surface area contributed by atoms with Gasteiger partial charge in [0.25, 0.3) is 0 Å². The van der Waals surface area contributed by atoms with Crippen molar-refractivity contribution in [3.05, 3.63) is 29.6 Å². The molecule has 1 aromatic carbocycles. The summed E-state index contributed by atoms with van der Waals surface area (Å²) < 4.78 is 18.5. The maximum absolute atomic E-state index is 13.2. The van der Waals surface area contributed by atoms with E-state index in [1.54, 1.807) is 12.1 Å². The molecule has 1 rings (SSSR count). The molecule has 1 aromatic rings. The van der Waals surface area contributed by atoms with Crippen LogP contribution in [-0.4, -0.2) is 17.7 Å². The maximum atomic E-state index is 13.2. The first-order valence-electron chi connectivity index (χ1n) is 5.67. The van der Waals surface area contributed by atoms with E-state index in [2.05, 4.69) is 0 Å². The van der Waals surface area contributed by atoms with Crippen LogP contribution in [0.15, 0.2) is 18.2 Å². The van der Waals surface area contributed by atoms with Gasteiger partial charge < -0.3 is 9.84 Å². The molecule has 0 saturated heterocycles. The van der Waals surface area contributed by atoms with Crippen molar-refractivity contribution in [2.24, 2.45) is 0 Å². The van der Waals surface area contributed by atoms with Gasteiger partial charge in [-0.3, -0.25) is 4.79 Å². The summed E-state index contributed by atoms with van der Waals surface area (Å²) in [5, 5.41) is 17.0. The van der Waals surface area contributed by atoms with Crippen molar-refractivity contribution in [1.29, 1.82) is 5.26 Å². The first-order valence-corrected chi connectivity index (χ1v) is 5.67. The summed E-state index contributed by atoms with van der Waals surface area (Å²) in [6, 6.07) is 5.82. The highest BCUT2D eigenvalue weighted by Crippen LogP contribution is 2.16. The number of carboxylic acid groups (broad SMARTS) is 1. The third-order valence-electron chi connectivity index (χ3n) is 2.36. The molecule has 0 unspecified atom stereocenters. The number of unbranched alkanes of at least 4 members (excludes halogenated alkanes) is 2. The van der Waals surface area contributed by atoms with Crippen LogP contribution >= 0.6 is 0 Å². The first kappa shape index (κ1) is 14.0. The molecule has 0 amide bonds. The zero-order valence-corrected chi connectivity index (χ0v) is 9.86. The average molecular weight is 251 g/mol. The van der Waals surface area contributed by atoms with Crippen molar-refractivity contribution in [2.45, 2.75) is 25.7 Å². The Hall–Kier alpha value is -2.09. The van der Waals surface area contributed by atoms with Crippen LogP contribution in [0.3, 0.4) is 0 Å². The van der Waals surface area contributed by atoms with Gasteiger partial charge in [-0.05, 0) is 31.4 Å². The van der Waals surface area contributed by atoms with Crippen LogP contribution in [0.25, 0.3) is 0 Å². The zero-order chi connectivity index (χ0) is 13.4. The number of nitrogens with zero attached hydrogens (tertiary/aromatic N) is 1. The van der Waals surface area contributed by atoms with Gasteiger partial charge in [-0.2, -0.15) is 5.26 Å². The van der Waals surface area contributed by atoms with Crippen LogP contribution in [0, 0.1) is 17.1 Å². The molecule has 0 saturated carbocycles. The van der Waals surface area contributed by atoms with Gasteiger partial charge in [0.2, 0.25) is 0 Å². The summed E-state index contributed by atoms with van der Waals surface area (Å²) in [6.45, 7) is 0.408. The highest BCUT2D eigenvalue weighted by atomic mass is 19.1. The Balaban J connectivity index is 2.26. The molecule has 0 aliphatic carbocycles. The first-order chi connectivity index (χ1) is 8.63. The number of carboxylic acids is 1. The fourth-order valence-electron chi connectivity index (χ4n) is 1.42. The molecular formula is C13H14FNO3. The fourth-order valence-corrected chi connectivity index (χ4v) is 1.42. The number of benzene rings is 1. The molecule has 5 heteroatoms. The van der Waals surface area contributed by atoms with E-state index in [-0.39, 0.29) is 12.0 Å². The summed E-state index contributed by atoms with van der Waals surface area (Å²) in [6.07, 6.45) is 2.24. The van der Waals surface area contributed by atoms with Gasteiger partial charge in [0.05, 0.1) is 12.2 Å². The van der Waals surface area contributed by atoms with Crippen LogP contribution < -0.4 is 4.74 Å². The molecule has 96 valence electrons. The van der Waals surface area contributed by atoms with Crippen LogP contribution in [0.2, 0.25) is 0 Å². The van der Waals surface area contributed by atoms with Crippen LogP contribution in [0.5, 0.6) is 5.75 Å². The molecule has 0 aromatic heterocycles. The smallest absolute Gasteiger partial charge is 0.303 e. The minimum atomic E-state index is -0.801.